The van der Waals surface area contributed by atoms with Crippen LogP contribution >= 0.6 is 0 Å². The number of carboxylic acids is 1. The zero-order valence-electron chi connectivity index (χ0n) is 17.6. The molecule has 7 nitrogen and oxygen atoms in total. The molecular weight excluding hydrogens is 455 g/mol. The molecule has 1 atom stereocenters. The minimum absolute atomic E-state index is 0.126. The van der Waals surface area contributed by atoms with Gasteiger partial charge in [0.15, 0.2) is 17.1 Å². The number of aromatic nitrogens is 1. The molecular formula is C24H16F3NO6. The Hall–Kier alpha value is -4.21. The van der Waals surface area contributed by atoms with Crippen LogP contribution in [0.1, 0.15) is 12.5 Å². The molecule has 3 aromatic carbocycles. The first kappa shape index (κ1) is 21.6. The van der Waals surface area contributed by atoms with E-state index < -0.39 is 23.3 Å². The topological polar surface area (TPSA) is 91.0 Å². The summed E-state index contributed by atoms with van der Waals surface area (Å²) >= 11 is 0. The zero-order chi connectivity index (χ0) is 24.1. The molecule has 0 saturated heterocycles. The Morgan fingerprint density at radius 2 is 1.74 bits per heavy atom. The van der Waals surface area contributed by atoms with Crippen LogP contribution in [0.3, 0.4) is 0 Å². The molecule has 0 bridgehead atoms. The van der Waals surface area contributed by atoms with Crippen molar-refractivity contribution in [3.63, 3.8) is 0 Å². The van der Waals surface area contributed by atoms with Crippen molar-refractivity contribution in [2.75, 3.05) is 6.61 Å². The van der Waals surface area contributed by atoms with Gasteiger partial charge < -0.3 is 23.8 Å². The lowest BCUT2D eigenvalue weighted by molar-refractivity contribution is -0.158. The monoisotopic (exact) mass is 471 g/mol. The highest BCUT2D eigenvalue weighted by atomic mass is 19.4. The summed E-state index contributed by atoms with van der Waals surface area (Å²) in [5.41, 5.74) is -0.999. The maximum Gasteiger partial charge on any atom is 0.416 e. The summed E-state index contributed by atoms with van der Waals surface area (Å²) in [6, 6.07) is 14.4. The van der Waals surface area contributed by atoms with Crippen molar-refractivity contribution in [3.05, 3.63) is 66.2 Å². The van der Waals surface area contributed by atoms with Crippen LogP contribution < -0.4 is 14.2 Å². The molecule has 0 amide bonds. The number of fused-ring (bicyclic) bond motifs is 2. The van der Waals surface area contributed by atoms with Gasteiger partial charge in [0.2, 0.25) is 5.60 Å². The van der Waals surface area contributed by atoms with Crippen molar-refractivity contribution in [1.29, 1.82) is 0 Å². The Morgan fingerprint density at radius 1 is 1.03 bits per heavy atom. The summed E-state index contributed by atoms with van der Waals surface area (Å²) in [5, 5.41) is 14.0. The second-order valence-corrected chi connectivity index (χ2v) is 7.90. The number of rotatable bonds is 4. The Balaban J connectivity index is 1.39. The molecule has 34 heavy (non-hydrogen) atoms. The van der Waals surface area contributed by atoms with E-state index in [4.69, 9.17) is 18.7 Å². The fourth-order valence-electron chi connectivity index (χ4n) is 3.49. The van der Waals surface area contributed by atoms with Gasteiger partial charge in [0.1, 0.15) is 23.8 Å². The minimum atomic E-state index is -4.42. The first-order valence-corrected chi connectivity index (χ1v) is 10.1. The van der Waals surface area contributed by atoms with E-state index in [1.54, 1.807) is 30.3 Å². The normalized spacial score (nSPS) is 17.5. The third-order valence-corrected chi connectivity index (χ3v) is 5.37. The molecule has 1 N–H and O–H groups in total. The second-order valence-electron chi connectivity index (χ2n) is 7.90. The molecule has 0 aliphatic carbocycles. The summed E-state index contributed by atoms with van der Waals surface area (Å²) in [7, 11) is 0. The molecule has 1 aliphatic rings. The third kappa shape index (κ3) is 3.87. The van der Waals surface area contributed by atoms with Gasteiger partial charge in [-0.3, -0.25) is 0 Å². The fraction of sp³-hybridized carbons (Fsp3) is 0.167. The summed E-state index contributed by atoms with van der Waals surface area (Å²) in [5.74, 6) is 0.264. The summed E-state index contributed by atoms with van der Waals surface area (Å²) < 4.78 is 60.8. The van der Waals surface area contributed by atoms with Crippen LogP contribution in [0.15, 0.2) is 65.2 Å². The number of ether oxygens (including phenoxy) is 3. The van der Waals surface area contributed by atoms with E-state index in [9.17, 15) is 23.1 Å². The predicted octanol–water partition coefficient (Wildman–Crippen LogP) is 5.92. The van der Waals surface area contributed by atoms with Crippen LogP contribution in [0.25, 0.3) is 22.2 Å². The summed E-state index contributed by atoms with van der Waals surface area (Å²) in [4.78, 5) is 11.4. The fourth-order valence-corrected chi connectivity index (χ4v) is 3.49. The van der Waals surface area contributed by atoms with Gasteiger partial charge in [-0.05, 0) is 43.3 Å². The number of alkyl halides is 3. The Kier molecular flexibility index (Phi) is 4.89. The van der Waals surface area contributed by atoms with E-state index in [2.05, 4.69) is 5.16 Å². The Morgan fingerprint density at radius 3 is 2.44 bits per heavy atom. The van der Waals surface area contributed by atoms with Crippen LogP contribution in [-0.2, 0) is 11.0 Å². The molecule has 0 radical (unpaired) electrons. The van der Waals surface area contributed by atoms with Crippen molar-refractivity contribution < 1.29 is 41.8 Å². The summed E-state index contributed by atoms with van der Waals surface area (Å²) in [6.07, 6.45) is -4.42. The van der Waals surface area contributed by atoms with Crippen LogP contribution in [0.5, 0.6) is 23.0 Å². The quantitative estimate of drug-likeness (QED) is 0.395. The highest BCUT2D eigenvalue weighted by Gasteiger charge is 2.41. The van der Waals surface area contributed by atoms with Crippen molar-refractivity contribution in [1.82, 2.24) is 5.16 Å². The van der Waals surface area contributed by atoms with Crippen molar-refractivity contribution in [2.45, 2.75) is 18.7 Å². The highest BCUT2D eigenvalue weighted by Crippen LogP contribution is 2.40. The number of aliphatic carboxylic acids is 1. The van der Waals surface area contributed by atoms with Gasteiger partial charge in [0, 0.05) is 23.1 Å². The number of benzene rings is 3. The summed E-state index contributed by atoms with van der Waals surface area (Å²) in [6.45, 7) is 1.29. The molecule has 4 aromatic rings. The first-order chi connectivity index (χ1) is 16.1. The molecule has 0 saturated carbocycles. The molecule has 0 spiro atoms. The number of halogens is 3. The number of hydrogen-bond acceptors (Lipinski definition) is 6. The van der Waals surface area contributed by atoms with Crippen LogP contribution in [0, 0.1) is 0 Å². The van der Waals surface area contributed by atoms with Crippen LogP contribution in [0.2, 0.25) is 0 Å². The molecule has 10 heteroatoms. The lowest BCUT2D eigenvalue weighted by Gasteiger charge is -2.32. The first-order valence-electron chi connectivity index (χ1n) is 10.1. The van der Waals surface area contributed by atoms with E-state index in [1.165, 1.54) is 25.1 Å². The van der Waals surface area contributed by atoms with Gasteiger partial charge >= 0.3 is 12.1 Å². The number of carboxylic acid groups (broad SMARTS) is 1. The molecule has 174 valence electrons. The Bertz CT molecular complexity index is 1400. The van der Waals surface area contributed by atoms with Gasteiger partial charge in [-0.1, -0.05) is 17.3 Å². The van der Waals surface area contributed by atoms with Crippen LogP contribution in [-0.4, -0.2) is 28.4 Å². The van der Waals surface area contributed by atoms with E-state index in [-0.39, 0.29) is 12.4 Å². The maximum absolute atomic E-state index is 12.8. The Labute approximate surface area is 190 Å². The molecule has 0 fully saturated rings. The van der Waals surface area contributed by atoms with Crippen LogP contribution in [0.4, 0.5) is 13.2 Å². The molecule has 1 aromatic heterocycles. The smallest absolute Gasteiger partial charge is 0.416 e. The van der Waals surface area contributed by atoms with Crippen molar-refractivity contribution >= 4 is 16.9 Å². The minimum Gasteiger partial charge on any atom is -0.485 e. The van der Waals surface area contributed by atoms with Crippen molar-refractivity contribution in [3.8, 4) is 34.3 Å². The van der Waals surface area contributed by atoms with Gasteiger partial charge in [-0.2, -0.15) is 13.2 Å². The number of carbonyl (C=O) groups is 1. The average Bonchev–Trinajstić information content (AvgIpc) is 3.21. The number of nitrogens with zero attached hydrogens (tertiary/aromatic N) is 1. The second kappa shape index (κ2) is 7.68. The standard InChI is InChI=1S/C24H16F3NO6/c1-23(22(29)30)12-31-18-9-7-16(11-20(18)33-23)32-15-6-8-17-19(10-15)34-28-21(17)13-2-4-14(5-3-13)24(25,26)27/h2-11H,12H2,1H3,(H,29,30)/t23-/m1/s1. The van der Waals surface area contributed by atoms with E-state index in [0.29, 0.717) is 39.5 Å². The molecule has 1 aliphatic heterocycles. The van der Waals surface area contributed by atoms with Gasteiger partial charge in [-0.15, -0.1) is 0 Å². The van der Waals surface area contributed by atoms with Crippen molar-refractivity contribution in [2.24, 2.45) is 0 Å². The maximum atomic E-state index is 12.8. The lowest BCUT2D eigenvalue weighted by atomic mass is 10.1. The van der Waals surface area contributed by atoms with Gasteiger partial charge in [0.25, 0.3) is 0 Å². The highest BCUT2D eigenvalue weighted by molar-refractivity contribution is 5.92. The molecule has 0 unspecified atom stereocenters. The predicted molar refractivity (Wildman–Crippen MR) is 113 cm³/mol. The lowest BCUT2D eigenvalue weighted by Crippen LogP contribution is -2.49. The largest absolute Gasteiger partial charge is 0.485 e. The van der Waals surface area contributed by atoms with Gasteiger partial charge in [0.05, 0.1) is 5.56 Å². The van der Waals surface area contributed by atoms with E-state index in [0.717, 1.165) is 12.1 Å². The van der Waals surface area contributed by atoms with E-state index >= 15 is 0 Å². The average molecular weight is 471 g/mol. The third-order valence-electron chi connectivity index (χ3n) is 5.37. The molecule has 2 heterocycles. The molecule has 5 rings (SSSR count). The SMILES string of the molecule is C[C@]1(C(=O)O)COc2ccc(Oc3ccc4c(-c5ccc(C(F)(F)F)cc5)noc4c3)cc2O1. The zero-order valence-corrected chi connectivity index (χ0v) is 17.6. The van der Waals surface area contributed by atoms with Gasteiger partial charge in [-0.25, -0.2) is 4.79 Å². The van der Waals surface area contributed by atoms with E-state index in [1.807, 2.05) is 0 Å². The number of hydrogen-bond donors (Lipinski definition) is 1.